The third-order valence-corrected chi connectivity index (χ3v) is 13.5. The predicted molar refractivity (Wildman–Crippen MR) is 211 cm³/mol. The van der Waals surface area contributed by atoms with Gasteiger partial charge in [-0.25, -0.2) is 4.98 Å². The molecule has 1 aromatic heterocycles. The van der Waals surface area contributed by atoms with Crippen molar-refractivity contribution in [2.75, 3.05) is 5.32 Å². The maximum absolute atomic E-state index is 15.6. The molecule has 2 aliphatic heterocycles. The third kappa shape index (κ3) is 6.15. The summed E-state index contributed by atoms with van der Waals surface area (Å²) in [7, 11) is 0. The van der Waals surface area contributed by atoms with Crippen LogP contribution in [0, 0.1) is 5.41 Å². The number of carbonyl (C=O) groups is 2. The molecule has 5 atom stereocenters. The molecule has 3 heterocycles. The van der Waals surface area contributed by atoms with Crippen LogP contribution < -0.4 is 10.6 Å². The Balaban J connectivity index is 1.45. The SMILES string of the molecule is CC1(C)CCC2(CC1)N([C@H](c1ccccc1)[C@@H](O)c1ccccc1)[C@@H](C(=O)NC1CCC(O)CC1)[C@H](c1ccnc(Cl)c1)[C@]21C(=O)Nc2cc(Cl)ccc21. The number of likely N-dealkylation sites (tertiary alicyclic amines) is 1. The van der Waals surface area contributed by atoms with E-state index in [0.29, 0.717) is 54.8 Å². The van der Waals surface area contributed by atoms with Gasteiger partial charge in [0.25, 0.3) is 0 Å². The molecule has 8 rings (SSSR count). The number of nitrogens with one attached hydrogen (secondary N) is 2. The lowest BCUT2D eigenvalue weighted by Crippen LogP contribution is -2.64. The molecule has 0 bridgehead atoms. The van der Waals surface area contributed by atoms with Crippen LogP contribution in [-0.4, -0.2) is 55.6 Å². The number of aromatic nitrogens is 1. The molecule has 10 heteroatoms. The Kier molecular flexibility index (Phi) is 9.89. The van der Waals surface area contributed by atoms with E-state index in [1.165, 1.54) is 0 Å². The highest BCUT2D eigenvalue weighted by Gasteiger charge is 2.77. The van der Waals surface area contributed by atoms with Crippen molar-refractivity contribution in [2.45, 2.75) is 112 Å². The summed E-state index contributed by atoms with van der Waals surface area (Å²) in [5.41, 5.74) is 1.41. The van der Waals surface area contributed by atoms with Gasteiger partial charge in [0, 0.05) is 34.4 Å². The van der Waals surface area contributed by atoms with Gasteiger partial charge in [-0.3, -0.25) is 14.5 Å². The number of amides is 2. The fraction of sp³-hybridized carbons (Fsp3) is 0.432. The fourth-order valence-corrected chi connectivity index (χ4v) is 10.8. The van der Waals surface area contributed by atoms with Crippen LogP contribution in [0.2, 0.25) is 10.2 Å². The Hall–Kier alpha value is -3.79. The molecule has 0 unspecified atom stereocenters. The topological polar surface area (TPSA) is 115 Å². The largest absolute Gasteiger partial charge is 0.393 e. The van der Waals surface area contributed by atoms with Crippen molar-refractivity contribution in [1.82, 2.24) is 15.2 Å². The van der Waals surface area contributed by atoms with Crippen molar-refractivity contribution in [1.29, 1.82) is 0 Å². The van der Waals surface area contributed by atoms with E-state index in [1.807, 2.05) is 78.9 Å². The highest BCUT2D eigenvalue weighted by molar-refractivity contribution is 6.31. The number of rotatable bonds is 7. The monoisotopic (exact) mass is 766 g/mol. The number of pyridine rings is 1. The van der Waals surface area contributed by atoms with E-state index < -0.39 is 35.1 Å². The van der Waals surface area contributed by atoms with Crippen LogP contribution in [0.5, 0.6) is 0 Å². The van der Waals surface area contributed by atoms with Gasteiger partial charge in [-0.05, 0) is 103 Å². The molecule has 3 fully saturated rings. The number of benzene rings is 3. The van der Waals surface area contributed by atoms with Crippen LogP contribution in [0.3, 0.4) is 0 Å². The second-order valence-electron chi connectivity index (χ2n) is 16.6. The molecule has 1 saturated heterocycles. The average molecular weight is 768 g/mol. The summed E-state index contributed by atoms with van der Waals surface area (Å²) < 4.78 is 0. The highest BCUT2D eigenvalue weighted by atomic mass is 35.5. The summed E-state index contributed by atoms with van der Waals surface area (Å²) in [6.45, 7) is 4.53. The lowest BCUT2D eigenvalue weighted by molar-refractivity contribution is -0.137. The molecule has 4 aromatic rings. The average Bonchev–Trinajstić information content (AvgIpc) is 3.59. The molecule has 2 amide bonds. The van der Waals surface area contributed by atoms with E-state index in [2.05, 4.69) is 34.4 Å². The maximum Gasteiger partial charge on any atom is 0.238 e. The van der Waals surface area contributed by atoms with Crippen molar-refractivity contribution < 1.29 is 19.8 Å². The zero-order valence-electron chi connectivity index (χ0n) is 30.7. The van der Waals surface area contributed by atoms with E-state index in [9.17, 15) is 10.2 Å². The Labute approximate surface area is 327 Å². The highest BCUT2D eigenvalue weighted by Crippen LogP contribution is 2.69. The molecule has 4 aliphatic rings. The second-order valence-corrected chi connectivity index (χ2v) is 17.4. The number of aliphatic hydroxyl groups is 2. The minimum atomic E-state index is -1.30. The van der Waals surface area contributed by atoms with E-state index in [0.717, 1.165) is 29.5 Å². The summed E-state index contributed by atoms with van der Waals surface area (Å²) in [5, 5.41) is 30.7. The van der Waals surface area contributed by atoms with E-state index >= 15 is 9.59 Å². The van der Waals surface area contributed by atoms with Crippen LogP contribution in [0.4, 0.5) is 5.69 Å². The number of hydrogen-bond donors (Lipinski definition) is 4. The first-order valence-electron chi connectivity index (χ1n) is 19.2. The van der Waals surface area contributed by atoms with Gasteiger partial charge in [0.05, 0.1) is 24.3 Å². The van der Waals surface area contributed by atoms with Gasteiger partial charge in [0.2, 0.25) is 11.8 Å². The summed E-state index contributed by atoms with van der Waals surface area (Å²) in [6, 6.07) is 26.9. The molecule has 2 saturated carbocycles. The summed E-state index contributed by atoms with van der Waals surface area (Å²) in [6.07, 6.45) is 5.45. The minimum absolute atomic E-state index is 0.0188. The van der Waals surface area contributed by atoms with E-state index in [1.54, 1.807) is 18.3 Å². The number of nitrogens with zero attached hydrogens (tertiary/aromatic N) is 2. The maximum atomic E-state index is 15.6. The smallest absolute Gasteiger partial charge is 0.238 e. The van der Waals surface area contributed by atoms with Crippen LogP contribution in [-0.2, 0) is 15.0 Å². The van der Waals surface area contributed by atoms with E-state index in [4.69, 9.17) is 23.2 Å². The standard InChI is InChI=1S/C44H48Cl2N4O4/c1-42(2)20-22-43(23-21-42)44(33-18-13-30(45)26-34(33)49-41(44)54)36(29-19-24-47-35(46)25-29)38(40(53)48-31-14-16-32(51)17-15-31)50(43)37(27-9-5-3-6-10-27)39(52)28-11-7-4-8-12-28/h3-13,18-19,24-26,31-32,36-39,51-52H,14-17,20-23H2,1-2H3,(H,48,53)(H,49,54)/t31?,32?,36-,37+,38+,39-,44+/m0/s1. The third-order valence-electron chi connectivity index (χ3n) is 13.1. The number of anilines is 1. The molecule has 3 aromatic carbocycles. The molecule has 8 nitrogen and oxygen atoms in total. The molecular weight excluding hydrogens is 719 g/mol. The van der Waals surface area contributed by atoms with Gasteiger partial charge < -0.3 is 20.8 Å². The zero-order valence-corrected chi connectivity index (χ0v) is 32.2. The number of fused-ring (bicyclic) bond motifs is 3. The Morgan fingerprint density at radius 3 is 2.19 bits per heavy atom. The molecule has 0 radical (unpaired) electrons. The number of halogens is 2. The first kappa shape index (κ1) is 37.1. The molecule has 2 spiro atoms. The number of carbonyl (C=O) groups excluding carboxylic acids is 2. The van der Waals surface area contributed by atoms with Gasteiger partial charge in [-0.2, -0.15) is 0 Å². The van der Waals surface area contributed by atoms with Gasteiger partial charge in [0.1, 0.15) is 10.6 Å². The normalized spacial score (nSPS) is 28.4. The van der Waals surface area contributed by atoms with Crippen LogP contribution in [0.15, 0.2) is 97.2 Å². The first-order valence-corrected chi connectivity index (χ1v) is 20.0. The Morgan fingerprint density at radius 1 is 0.889 bits per heavy atom. The Morgan fingerprint density at radius 2 is 1.54 bits per heavy atom. The van der Waals surface area contributed by atoms with Crippen LogP contribution >= 0.6 is 23.2 Å². The van der Waals surface area contributed by atoms with Crippen molar-refractivity contribution in [3.8, 4) is 0 Å². The molecule has 4 N–H and O–H groups in total. The lowest BCUT2D eigenvalue weighted by Gasteiger charge is -2.56. The van der Waals surface area contributed by atoms with Gasteiger partial charge in [-0.1, -0.05) is 104 Å². The first-order chi connectivity index (χ1) is 25.9. The van der Waals surface area contributed by atoms with Crippen LogP contribution in [0.1, 0.15) is 106 Å². The Bertz CT molecular complexity index is 2010. The summed E-state index contributed by atoms with van der Waals surface area (Å²) in [4.78, 5) is 37.8. The molecule has 282 valence electrons. The minimum Gasteiger partial charge on any atom is -0.393 e. The summed E-state index contributed by atoms with van der Waals surface area (Å²) >= 11 is 13.3. The fourth-order valence-electron chi connectivity index (χ4n) is 10.5. The van der Waals surface area contributed by atoms with E-state index in [-0.39, 0.29) is 34.5 Å². The van der Waals surface area contributed by atoms with Gasteiger partial charge in [-0.15, -0.1) is 0 Å². The van der Waals surface area contributed by atoms with Gasteiger partial charge >= 0.3 is 0 Å². The molecule has 2 aliphatic carbocycles. The van der Waals surface area contributed by atoms with Crippen molar-refractivity contribution in [3.63, 3.8) is 0 Å². The van der Waals surface area contributed by atoms with Crippen molar-refractivity contribution in [2.24, 2.45) is 5.41 Å². The lowest BCUT2D eigenvalue weighted by atomic mass is 9.53. The number of hydrogen-bond acceptors (Lipinski definition) is 6. The zero-order chi connectivity index (χ0) is 37.8. The summed E-state index contributed by atoms with van der Waals surface area (Å²) in [5.74, 6) is -1.16. The molecular formula is C44H48Cl2N4O4. The quantitative estimate of drug-likeness (QED) is 0.141. The number of aliphatic hydroxyl groups excluding tert-OH is 2. The van der Waals surface area contributed by atoms with Gasteiger partial charge in [0.15, 0.2) is 0 Å². The van der Waals surface area contributed by atoms with Crippen LogP contribution in [0.25, 0.3) is 0 Å². The predicted octanol–water partition coefficient (Wildman–Crippen LogP) is 8.28. The molecule has 54 heavy (non-hydrogen) atoms. The van der Waals surface area contributed by atoms with Crippen molar-refractivity contribution >= 4 is 40.7 Å². The second kappa shape index (κ2) is 14.4. The van der Waals surface area contributed by atoms with Crippen molar-refractivity contribution in [3.05, 3.63) is 130 Å².